The molecule has 0 aromatic rings. The van der Waals surface area contributed by atoms with Gasteiger partial charge in [0.25, 0.3) is 0 Å². The molecule has 0 saturated heterocycles. The van der Waals surface area contributed by atoms with Gasteiger partial charge < -0.3 is 0 Å². The molecule has 0 aliphatic heterocycles. The van der Waals surface area contributed by atoms with E-state index in [0.717, 1.165) is 57.8 Å². The van der Waals surface area contributed by atoms with Gasteiger partial charge in [0.2, 0.25) is 0 Å². The lowest BCUT2D eigenvalue weighted by Crippen LogP contribution is -2.44. The number of unbranched alkanes of at least 4 members (excludes halogenated alkanes) is 6. The highest BCUT2D eigenvalue weighted by atomic mass is 79.9. The Kier molecular flexibility index (Phi) is 41.2. The summed E-state index contributed by atoms with van der Waals surface area (Å²) in [4.78, 5) is 0.255. The van der Waals surface area contributed by atoms with Gasteiger partial charge in [-0.3, -0.25) is 13.6 Å². The van der Waals surface area contributed by atoms with Gasteiger partial charge in [-0.1, -0.05) is 230 Å². The summed E-state index contributed by atoms with van der Waals surface area (Å²) in [7, 11) is -4.45. The second kappa shape index (κ2) is 36.7. The van der Waals surface area contributed by atoms with Crippen molar-refractivity contribution in [2.24, 2.45) is 0 Å². The Labute approximate surface area is 456 Å². The van der Waals surface area contributed by atoms with Crippen LogP contribution in [0.3, 0.4) is 0 Å². The van der Waals surface area contributed by atoms with Crippen LogP contribution in [0.5, 0.6) is 0 Å². The van der Waals surface area contributed by atoms with E-state index >= 15 is 4.57 Å². The highest BCUT2D eigenvalue weighted by Gasteiger charge is 2.53. The van der Waals surface area contributed by atoms with Gasteiger partial charge in [0.15, 0.2) is 0 Å². The van der Waals surface area contributed by atoms with Crippen molar-refractivity contribution in [3.8, 4) is 0 Å². The van der Waals surface area contributed by atoms with Crippen molar-refractivity contribution in [1.82, 2.24) is 0 Å². The summed E-state index contributed by atoms with van der Waals surface area (Å²) in [5.74, 6) is 1.77. The van der Waals surface area contributed by atoms with E-state index in [-0.39, 0.29) is 29.0 Å². The zero-order valence-corrected chi connectivity index (χ0v) is 54.0. The fourth-order valence-electron chi connectivity index (χ4n) is 6.89. The summed E-state index contributed by atoms with van der Waals surface area (Å²) in [6.07, 6.45) is 13.5. The maximum atomic E-state index is 16.7. The molecule has 0 spiro atoms. The van der Waals surface area contributed by atoms with E-state index in [1.54, 1.807) is 0 Å². The fourth-order valence-corrected chi connectivity index (χ4v) is 14.6. The Morgan fingerprint density at radius 2 is 0.571 bits per heavy atom. The van der Waals surface area contributed by atoms with E-state index in [1.807, 2.05) is 0 Å². The molecule has 6 atom stereocenters. The van der Waals surface area contributed by atoms with E-state index in [9.17, 15) is 0 Å². The molecule has 0 rings (SSSR count). The largest absolute Gasteiger partial charge is 0.476 e. The van der Waals surface area contributed by atoms with Crippen LogP contribution in [0.25, 0.3) is 0 Å². The number of phosphoric acid groups is 1. The first-order valence-electron chi connectivity index (χ1n) is 19.1. The maximum absolute atomic E-state index is 16.7. The second-order valence-corrected chi connectivity index (χ2v) is 28.7. The molecule has 0 N–H and O–H groups in total. The van der Waals surface area contributed by atoms with Gasteiger partial charge in [0.05, 0.1) is 16.8 Å². The van der Waals surface area contributed by atoms with Gasteiger partial charge in [0.1, 0.15) is 0 Å². The van der Waals surface area contributed by atoms with E-state index in [0.29, 0.717) is 107 Å². The van der Waals surface area contributed by atoms with Crippen molar-refractivity contribution in [3.63, 3.8) is 0 Å². The van der Waals surface area contributed by atoms with Crippen LogP contribution in [0, 0.1) is 0 Å². The molecule has 20 heteroatoms. The van der Waals surface area contributed by atoms with Gasteiger partial charge in [-0.2, -0.15) is 0 Å². The SMILES string of the molecule is O=P(OC(CCCCCCl)(CC(Br)CBr)CC(Br)CBr)(OC(CCCCCCl)(CC(Br)CBr)CC(Br)CBr)OC(CCCCCCl)(CC(Br)CBr)CC(Br)CBr. The first-order chi connectivity index (χ1) is 26.5. The van der Waals surface area contributed by atoms with Crippen LogP contribution < -0.4 is 0 Å². The molecule has 4 nitrogen and oxygen atoms in total. The van der Waals surface area contributed by atoms with Crippen molar-refractivity contribution in [2.75, 3.05) is 49.6 Å². The van der Waals surface area contributed by atoms with Crippen molar-refractivity contribution in [3.05, 3.63) is 0 Å². The lowest BCUT2D eigenvalue weighted by Gasteiger charge is -2.46. The highest BCUT2D eigenvalue weighted by molar-refractivity contribution is 9.13. The standard InChI is InChI=1S/C36H60Br12Cl3O4P/c37-22-28(43)16-34(17-29(44)23-38,10-4-1-7-13-49)53-56(52,54-35(18-30(45)24-39,19-31(46)25-40)11-5-2-8-14-50)55-36(20-32(47)26-41,21-33(48)27-42)12-6-3-9-15-51/h28-33H,1-27H2. The third-order valence-corrected chi connectivity index (χ3v) is 25.7. The summed E-state index contributed by atoms with van der Waals surface area (Å²) in [6, 6.07) is 0. The Morgan fingerprint density at radius 3 is 0.732 bits per heavy atom. The number of alkyl halides is 15. The third-order valence-electron chi connectivity index (χ3n) is 9.28. The molecule has 0 bridgehead atoms. The number of rotatable bonds is 39. The summed E-state index contributed by atoms with van der Waals surface area (Å²) < 4.78 is 38.9. The molecule has 6 unspecified atom stereocenters. The van der Waals surface area contributed by atoms with Crippen LogP contribution in [0.2, 0.25) is 0 Å². The lowest BCUT2D eigenvalue weighted by molar-refractivity contribution is -0.0860. The Hall–Kier alpha value is 6.74. The quantitative estimate of drug-likeness (QED) is 0.0350. The molecular formula is C36H60Br12Cl3O4P. The molecule has 0 heterocycles. The Morgan fingerprint density at radius 1 is 0.375 bits per heavy atom. The van der Waals surface area contributed by atoms with Crippen LogP contribution in [0.1, 0.15) is 116 Å². The average Bonchev–Trinajstić information content (AvgIpc) is 3.16. The van der Waals surface area contributed by atoms with Gasteiger partial charge in [-0.15, -0.1) is 34.8 Å². The van der Waals surface area contributed by atoms with E-state index < -0.39 is 24.6 Å². The van der Waals surface area contributed by atoms with Crippen LogP contribution in [-0.2, 0) is 18.1 Å². The Bertz CT molecular complexity index is 866. The molecule has 0 aliphatic rings. The van der Waals surface area contributed by atoms with Crippen LogP contribution >= 0.6 is 234 Å². The predicted octanol–water partition coefficient (Wildman–Crippen LogP) is 19.0. The minimum absolute atomic E-state index is 0.0425. The first-order valence-corrected chi connectivity index (χ1v) is 34.4. The van der Waals surface area contributed by atoms with Gasteiger partial charge in [-0.05, 0) is 77.0 Å². The number of halogens is 15. The van der Waals surface area contributed by atoms with E-state index in [4.69, 9.17) is 48.4 Å². The van der Waals surface area contributed by atoms with E-state index in [2.05, 4.69) is 191 Å². The Balaban J connectivity index is 8.17. The monoisotopic (exact) mass is 1640 g/mol. The minimum atomic E-state index is -4.45. The highest BCUT2D eigenvalue weighted by Crippen LogP contribution is 2.64. The smallest absolute Gasteiger partial charge is 0.280 e. The molecule has 0 saturated carbocycles. The zero-order valence-electron chi connectivity index (χ0n) is 31.8. The molecule has 0 amide bonds. The van der Waals surface area contributed by atoms with Crippen LogP contribution in [-0.4, -0.2) is 95.4 Å². The normalized spacial score (nSPS) is 19.9. The van der Waals surface area contributed by atoms with Crippen LogP contribution in [0.15, 0.2) is 0 Å². The summed E-state index contributed by atoms with van der Waals surface area (Å²) in [6.45, 7) is 0. The lowest BCUT2D eigenvalue weighted by atomic mass is 9.87. The summed E-state index contributed by atoms with van der Waals surface area (Å²) >= 11 is 64.4. The maximum Gasteiger partial charge on any atom is 0.476 e. The van der Waals surface area contributed by atoms with Gasteiger partial charge >= 0.3 is 7.82 Å². The topological polar surface area (TPSA) is 44.8 Å². The average molecular weight is 1650 g/mol. The number of phosphoric ester groups is 1. The fraction of sp³-hybridized carbons (Fsp3) is 1.00. The molecular weight excluding hydrogens is 1590 g/mol. The van der Waals surface area contributed by atoms with Crippen LogP contribution in [0.4, 0.5) is 0 Å². The molecule has 0 aliphatic carbocycles. The van der Waals surface area contributed by atoms with Gasteiger partial charge in [0, 0.05) is 78.6 Å². The summed E-state index contributed by atoms with van der Waals surface area (Å²) in [5, 5.41) is 4.18. The first kappa shape index (κ1) is 62.7. The molecule has 338 valence electrons. The third kappa shape index (κ3) is 28.2. The van der Waals surface area contributed by atoms with Crippen molar-refractivity contribution in [2.45, 2.75) is 161 Å². The molecule has 0 fully saturated rings. The molecule has 56 heavy (non-hydrogen) atoms. The van der Waals surface area contributed by atoms with Gasteiger partial charge in [-0.25, -0.2) is 4.57 Å². The predicted molar refractivity (Wildman–Crippen MR) is 293 cm³/mol. The van der Waals surface area contributed by atoms with Crippen molar-refractivity contribution in [1.29, 1.82) is 0 Å². The van der Waals surface area contributed by atoms with Crippen molar-refractivity contribution < 1.29 is 18.1 Å². The number of hydrogen-bond acceptors (Lipinski definition) is 4. The van der Waals surface area contributed by atoms with E-state index in [1.165, 1.54) is 0 Å². The minimum Gasteiger partial charge on any atom is -0.280 e. The molecule has 0 aromatic carbocycles. The zero-order chi connectivity index (χ0) is 42.7. The molecule has 0 radical (unpaired) electrons. The second-order valence-electron chi connectivity index (χ2n) is 14.5. The molecule has 0 aromatic heterocycles. The summed E-state index contributed by atoms with van der Waals surface area (Å²) in [5.41, 5.74) is -2.63. The number of hydrogen-bond donors (Lipinski definition) is 0. The van der Waals surface area contributed by atoms with Crippen molar-refractivity contribution >= 4 is 234 Å².